The highest BCUT2D eigenvalue weighted by Crippen LogP contribution is 2.32. The van der Waals surface area contributed by atoms with Gasteiger partial charge in [0.2, 0.25) is 0 Å². The van der Waals surface area contributed by atoms with E-state index in [9.17, 15) is 0 Å². The molecule has 1 aliphatic rings. The fraction of sp³-hybridized carbons (Fsp3) is 0.800. The monoisotopic (exact) mass is 297 g/mol. The molecule has 0 amide bonds. The molecule has 1 fully saturated rings. The molecule has 1 aliphatic heterocycles. The van der Waals surface area contributed by atoms with Gasteiger partial charge in [-0.25, -0.2) is 4.98 Å². The molecule has 1 unspecified atom stereocenters. The predicted octanol–water partition coefficient (Wildman–Crippen LogP) is 2.99. The van der Waals surface area contributed by atoms with Crippen LogP contribution >= 0.6 is 11.3 Å². The number of nitrogens with one attached hydrogen (secondary N) is 1. The third-order valence-electron chi connectivity index (χ3n) is 3.59. The van der Waals surface area contributed by atoms with Crippen LogP contribution < -0.4 is 10.2 Å². The average Bonchev–Trinajstić information content (AvgIpc) is 2.84. The van der Waals surface area contributed by atoms with E-state index in [-0.39, 0.29) is 0 Å². The molecular weight excluding hydrogens is 270 g/mol. The highest BCUT2D eigenvalue weighted by Gasteiger charge is 2.24. The summed E-state index contributed by atoms with van der Waals surface area (Å²) in [5.74, 6) is 0.481. The summed E-state index contributed by atoms with van der Waals surface area (Å²) >= 11 is 1.85. The molecule has 0 aliphatic carbocycles. The van der Waals surface area contributed by atoms with Gasteiger partial charge in [-0.2, -0.15) is 0 Å². The maximum Gasteiger partial charge on any atom is 0.186 e. The van der Waals surface area contributed by atoms with Crippen LogP contribution in [0.25, 0.3) is 0 Å². The highest BCUT2D eigenvalue weighted by atomic mass is 32.1. The maximum atomic E-state index is 5.52. The van der Waals surface area contributed by atoms with Crippen molar-refractivity contribution in [3.8, 4) is 0 Å². The molecule has 1 saturated heterocycles. The number of anilines is 1. The van der Waals surface area contributed by atoms with Crippen LogP contribution in [0.15, 0.2) is 0 Å². The summed E-state index contributed by atoms with van der Waals surface area (Å²) in [6, 6.07) is 0.423. The Labute approximate surface area is 126 Å². The minimum absolute atomic E-state index is 0.423. The fourth-order valence-corrected chi connectivity index (χ4v) is 3.75. The van der Waals surface area contributed by atoms with Crippen molar-refractivity contribution in [3.05, 3.63) is 10.6 Å². The number of aromatic nitrogens is 1. The molecule has 0 radical (unpaired) electrons. The zero-order valence-corrected chi connectivity index (χ0v) is 13.9. The van der Waals surface area contributed by atoms with E-state index < -0.39 is 0 Å². The number of nitrogens with zero attached hydrogens (tertiary/aromatic N) is 2. The van der Waals surface area contributed by atoms with E-state index in [4.69, 9.17) is 9.72 Å². The van der Waals surface area contributed by atoms with Crippen LogP contribution in [0.4, 0.5) is 5.13 Å². The summed E-state index contributed by atoms with van der Waals surface area (Å²) in [6.07, 6.45) is 1.17. The third-order valence-corrected chi connectivity index (χ3v) is 4.70. The lowest BCUT2D eigenvalue weighted by atomic mass is 10.1. The quantitative estimate of drug-likeness (QED) is 0.819. The lowest BCUT2D eigenvalue weighted by Gasteiger charge is -2.32. The average molecular weight is 297 g/mol. The summed E-state index contributed by atoms with van der Waals surface area (Å²) in [5, 5.41) is 4.67. The maximum absolute atomic E-state index is 5.52. The van der Waals surface area contributed by atoms with Crippen molar-refractivity contribution in [2.24, 2.45) is 0 Å². The second-order valence-electron chi connectivity index (χ2n) is 5.75. The van der Waals surface area contributed by atoms with Crippen molar-refractivity contribution in [2.75, 3.05) is 31.2 Å². The Kier molecular flexibility index (Phi) is 5.81. The van der Waals surface area contributed by atoms with Crippen LogP contribution in [0.2, 0.25) is 0 Å². The summed E-state index contributed by atoms with van der Waals surface area (Å²) < 4.78 is 5.52. The summed E-state index contributed by atoms with van der Waals surface area (Å²) in [6.45, 7) is 13.4. The van der Waals surface area contributed by atoms with Crippen molar-refractivity contribution in [1.82, 2.24) is 10.3 Å². The molecule has 2 rings (SSSR count). The van der Waals surface area contributed by atoms with Crippen LogP contribution in [0.3, 0.4) is 0 Å². The number of morpholine rings is 1. The van der Waals surface area contributed by atoms with Crippen LogP contribution in [-0.2, 0) is 11.3 Å². The minimum Gasteiger partial charge on any atom is -0.377 e. The van der Waals surface area contributed by atoms with Crippen LogP contribution in [0.5, 0.6) is 0 Å². The molecule has 0 bridgehead atoms. The molecular formula is C15H27N3OS. The van der Waals surface area contributed by atoms with Crippen molar-refractivity contribution >= 4 is 16.5 Å². The van der Waals surface area contributed by atoms with Gasteiger partial charge < -0.3 is 15.0 Å². The number of hydrogen-bond acceptors (Lipinski definition) is 5. The summed E-state index contributed by atoms with van der Waals surface area (Å²) in [4.78, 5) is 8.69. The summed E-state index contributed by atoms with van der Waals surface area (Å²) in [7, 11) is 0. The second kappa shape index (κ2) is 7.38. The van der Waals surface area contributed by atoms with Gasteiger partial charge in [0.25, 0.3) is 0 Å². The highest BCUT2D eigenvalue weighted by molar-refractivity contribution is 7.15. The first-order valence-electron chi connectivity index (χ1n) is 7.68. The van der Waals surface area contributed by atoms with E-state index >= 15 is 0 Å². The second-order valence-corrected chi connectivity index (χ2v) is 6.82. The standard InChI is InChI=1S/C15H27N3OS/c1-5-6-16-9-13-14(11(2)3)17-15(20-13)18-7-8-19-10-12(18)4/h11-12,16H,5-10H2,1-4H3. The molecule has 1 aromatic rings. The molecule has 1 aromatic heterocycles. The van der Waals surface area contributed by atoms with E-state index in [0.717, 1.165) is 38.0 Å². The Hall–Kier alpha value is -0.650. The predicted molar refractivity (Wildman–Crippen MR) is 85.8 cm³/mol. The first-order chi connectivity index (χ1) is 9.63. The van der Waals surface area contributed by atoms with Crippen molar-refractivity contribution in [2.45, 2.75) is 52.6 Å². The number of ether oxygens (including phenoxy) is 1. The largest absolute Gasteiger partial charge is 0.377 e. The Morgan fingerprint density at radius 3 is 2.95 bits per heavy atom. The Bertz CT molecular complexity index is 419. The topological polar surface area (TPSA) is 37.4 Å². The zero-order valence-electron chi connectivity index (χ0n) is 13.1. The number of hydrogen-bond donors (Lipinski definition) is 1. The van der Waals surface area contributed by atoms with Crippen LogP contribution in [0, 0.1) is 0 Å². The molecule has 4 nitrogen and oxygen atoms in total. The molecule has 0 saturated carbocycles. The molecule has 5 heteroatoms. The van der Waals surface area contributed by atoms with Crippen molar-refractivity contribution in [1.29, 1.82) is 0 Å². The zero-order chi connectivity index (χ0) is 14.5. The SMILES string of the molecule is CCCNCc1sc(N2CCOCC2C)nc1C(C)C. The van der Waals surface area contributed by atoms with Gasteiger partial charge in [0.1, 0.15) is 0 Å². The van der Waals surface area contributed by atoms with Gasteiger partial charge >= 0.3 is 0 Å². The molecule has 20 heavy (non-hydrogen) atoms. The van der Waals surface area contributed by atoms with Crippen molar-refractivity contribution in [3.63, 3.8) is 0 Å². The third kappa shape index (κ3) is 3.71. The van der Waals surface area contributed by atoms with Gasteiger partial charge in [0, 0.05) is 18.0 Å². The van der Waals surface area contributed by atoms with Crippen molar-refractivity contribution < 1.29 is 4.74 Å². The number of rotatable bonds is 6. The first kappa shape index (κ1) is 15.7. The Morgan fingerprint density at radius 2 is 2.30 bits per heavy atom. The number of thiazole rings is 1. The first-order valence-corrected chi connectivity index (χ1v) is 8.49. The van der Waals surface area contributed by atoms with E-state index in [0.29, 0.717) is 12.0 Å². The van der Waals surface area contributed by atoms with Gasteiger partial charge in [-0.05, 0) is 25.8 Å². The van der Waals surface area contributed by atoms with Gasteiger partial charge in [0.15, 0.2) is 5.13 Å². The van der Waals surface area contributed by atoms with E-state index in [2.05, 4.69) is 37.9 Å². The normalized spacial score (nSPS) is 19.9. The molecule has 1 atom stereocenters. The van der Waals surface area contributed by atoms with E-state index in [1.165, 1.54) is 17.0 Å². The van der Waals surface area contributed by atoms with Gasteiger partial charge in [-0.3, -0.25) is 0 Å². The molecule has 2 heterocycles. The Morgan fingerprint density at radius 1 is 1.50 bits per heavy atom. The van der Waals surface area contributed by atoms with E-state index in [1.54, 1.807) is 0 Å². The molecule has 114 valence electrons. The lowest BCUT2D eigenvalue weighted by Crippen LogP contribution is -2.43. The summed E-state index contributed by atoms with van der Waals surface area (Å²) in [5.41, 5.74) is 1.26. The lowest BCUT2D eigenvalue weighted by molar-refractivity contribution is 0.0989. The van der Waals surface area contributed by atoms with Crippen LogP contribution in [0.1, 0.15) is 50.6 Å². The molecule has 0 aromatic carbocycles. The van der Waals surface area contributed by atoms with Gasteiger partial charge in [0.05, 0.1) is 24.9 Å². The smallest absolute Gasteiger partial charge is 0.186 e. The fourth-order valence-electron chi connectivity index (χ4n) is 2.44. The molecule has 1 N–H and O–H groups in total. The van der Waals surface area contributed by atoms with Gasteiger partial charge in [-0.1, -0.05) is 20.8 Å². The molecule has 0 spiro atoms. The minimum atomic E-state index is 0.423. The van der Waals surface area contributed by atoms with Gasteiger partial charge in [-0.15, -0.1) is 11.3 Å². The van der Waals surface area contributed by atoms with E-state index in [1.807, 2.05) is 11.3 Å². The Balaban J connectivity index is 2.15. The van der Waals surface area contributed by atoms with Crippen LogP contribution in [-0.4, -0.2) is 37.3 Å².